The topological polar surface area (TPSA) is 88.7 Å². The second-order valence-corrected chi connectivity index (χ2v) is 6.73. The van der Waals surface area contributed by atoms with Crippen LogP contribution in [0.1, 0.15) is 44.6 Å². The number of benzene rings is 1. The van der Waals surface area contributed by atoms with Gasteiger partial charge in [-0.2, -0.15) is 0 Å². The van der Waals surface area contributed by atoms with Crippen LogP contribution in [0.4, 0.5) is 5.69 Å². The van der Waals surface area contributed by atoms with Gasteiger partial charge in [0.1, 0.15) is 0 Å². The molecular weight excluding hydrogens is 316 g/mol. The zero-order chi connectivity index (χ0) is 18.1. The van der Waals surface area contributed by atoms with Crippen LogP contribution in [0.3, 0.4) is 0 Å². The minimum absolute atomic E-state index is 0.106. The standard InChI is InChI=1S/C19H30N4O2/c1-14(13-25-2)22-19(20)21-12-15-7-6-10-17(11-15)23-18(24)16-8-4-3-5-9-16/h6-7,10-11,14,16H,3-5,8-9,12-13H2,1-2H3,(H,23,24)(H3,20,21,22). The van der Waals surface area contributed by atoms with E-state index >= 15 is 0 Å². The van der Waals surface area contributed by atoms with Crippen LogP contribution in [-0.4, -0.2) is 31.6 Å². The first-order chi connectivity index (χ1) is 12.1. The zero-order valence-corrected chi connectivity index (χ0v) is 15.3. The largest absolute Gasteiger partial charge is 0.383 e. The Kier molecular flexibility index (Phi) is 7.73. The van der Waals surface area contributed by atoms with Gasteiger partial charge in [-0.05, 0) is 37.5 Å². The summed E-state index contributed by atoms with van der Waals surface area (Å²) in [4.78, 5) is 16.7. The number of aliphatic imine (C=N–C) groups is 1. The van der Waals surface area contributed by atoms with Gasteiger partial charge >= 0.3 is 0 Å². The predicted molar refractivity (Wildman–Crippen MR) is 101 cm³/mol. The molecule has 1 aliphatic rings. The summed E-state index contributed by atoms with van der Waals surface area (Å²) in [6.45, 7) is 3.01. The molecule has 1 aromatic carbocycles. The van der Waals surface area contributed by atoms with Crippen molar-refractivity contribution in [3.63, 3.8) is 0 Å². The van der Waals surface area contributed by atoms with Crippen LogP contribution in [0.25, 0.3) is 0 Å². The summed E-state index contributed by atoms with van der Waals surface area (Å²) in [7, 11) is 1.65. The molecule has 138 valence electrons. The first-order valence-corrected chi connectivity index (χ1v) is 9.03. The zero-order valence-electron chi connectivity index (χ0n) is 15.3. The lowest BCUT2D eigenvalue weighted by Gasteiger charge is -2.20. The molecule has 1 saturated carbocycles. The van der Waals surface area contributed by atoms with Crippen LogP contribution in [0.5, 0.6) is 0 Å². The molecule has 2 rings (SSSR count). The van der Waals surface area contributed by atoms with Gasteiger partial charge in [0.2, 0.25) is 5.91 Å². The third kappa shape index (κ3) is 6.74. The highest BCUT2D eigenvalue weighted by molar-refractivity contribution is 5.92. The highest BCUT2D eigenvalue weighted by Gasteiger charge is 2.20. The number of guanidine groups is 1. The van der Waals surface area contributed by atoms with Crippen molar-refractivity contribution in [2.75, 3.05) is 19.0 Å². The van der Waals surface area contributed by atoms with E-state index in [0.717, 1.165) is 36.9 Å². The van der Waals surface area contributed by atoms with E-state index in [-0.39, 0.29) is 17.9 Å². The van der Waals surface area contributed by atoms with Gasteiger partial charge in [0.05, 0.1) is 13.2 Å². The number of nitrogens with one attached hydrogen (secondary N) is 2. The molecule has 0 radical (unpaired) electrons. The number of nitrogens with zero attached hydrogens (tertiary/aromatic N) is 1. The summed E-state index contributed by atoms with van der Waals surface area (Å²) in [6.07, 6.45) is 5.55. The number of hydrogen-bond acceptors (Lipinski definition) is 3. The Morgan fingerprint density at radius 2 is 2.12 bits per heavy atom. The third-order valence-electron chi connectivity index (χ3n) is 4.41. The van der Waals surface area contributed by atoms with Crippen molar-refractivity contribution in [2.24, 2.45) is 16.6 Å². The number of ether oxygens (including phenoxy) is 1. The molecule has 4 N–H and O–H groups in total. The molecule has 0 aromatic heterocycles. The first kappa shape index (κ1) is 19.2. The van der Waals surface area contributed by atoms with Crippen LogP contribution in [0, 0.1) is 5.92 Å². The van der Waals surface area contributed by atoms with E-state index in [1.807, 2.05) is 31.2 Å². The van der Waals surface area contributed by atoms with Crippen molar-refractivity contribution >= 4 is 17.6 Å². The minimum Gasteiger partial charge on any atom is -0.383 e. The van der Waals surface area contributed by atoms with Gasteiger partial charge in [-0.3, -0.25) is 4.79 Å². The van der Waals surface area contributed by atoms with Gasteiger partial charge in [-0.1, -0.05) is 31.4 Å². The van der Waals surface area contributed by atoms with Crippen molar-refractivity contribution in [2.45, 2.75) is 51.6 Å². The molecule has 6 nitrogen and oxygen atoms in total. The summed E-state index contributed by atoms with van der Waals surface area (Å²) < 4.78 is 5.06. The lowest BCUT2D eigenvalue weighted by molar-refractivity contribution is -0.120. The summed E-state index contributed by atoms with van der Waals surface area (Å²) in [5, 5.41) is 6.11. The maximum atomic E-state index is 12.3. The quantitative estimate of drug-likeness (QED) is 0.523. The highest BCUT2D eigenvalue weighted by atomic mass is 16.5. The number of nitrogens with two attached hydrogens (primary N) is 1. The molecule has 0 saturated heterocycles. The maximum absolute atomic E-state index is 12.3. The predicted octanol–water partition coefficient (Wildman–Crippen LogP) is 2.64. The second-order valence-electron chi connectivity index (χ2n) is 6.73. The number of carbonyl (C=O) groups excluding carboxylic acids is 1. The van der Waals surface area contributed by atoms with E-state index in [0.29, 0.717) is 19.1 Å². The second kappa shape index (κ2) is 10.0. The van der Waals surface area contributed by atoms with Crippen LogP contribution < -0.4 is 16.4 Å². The van der Waals surface area contributed by atoms with Crippen LogP contribution in [-0.2, 0) is 16.1 Å². The number of anilines is 1. The molecule has 1 atom stereocenters. The molecule has 0 bridgehead atoms. The van der Waals surface area contributed by atoms with Gasteiger partial charge in [-0.25, -0.2) is 4.99 Å². The van der Waals surface area contributed by atoms with Gasteiger partial charge in [0.25, 0.3) is 0 Å². The molecule has 1 fully saturated rings. The van der Waals surface area contributed by atoms with Crippen molar-refractivity contribution in [1.82, 2.24) is 5.32 Å². The average molecular weight is 346 g/mol. The number of hydrogen-bond donors (Lipinski definition) is 3. The molecule has 0 aliphatic heterocycles. The number of carbonyl (C=O) groups is 1. The SMILES string of the molecule is COCC(C)NC(N)=NCc1cccc(NC(=O)C2CCCCC2)c1. The lowest BCUT2D eigenvalue weighted by atomic mass is 9.88. The Labute approximate surface area is 150 Å². The van der Waals surface area contributed by atoms with E-state index in [1.54, 1.807) is 7.11 Å². The van der Waals surface area contributed by atoms with Crippen LogP contribution in [0.2, 0.25) is 0 Å². The highest BCUT2D eigenvalue weighted by Crippen LogP contribution is 2.25. The summed E-state index contributed by atoms with van der Waals surface area (Å²) in [6, 6.07) is 7.88. The smallest absolute Gasteiger partial charge is 0.227 e. The number of amides is 1. The number of methoxy groups -OCH3 is 1. The monoisotopic (exact) mass is 346 g/mol. The van der Waals surface area contributed by atoms with E-state index in [2.05, 4.69) is 15.6 Å². The van der Waals surface area contributed by atoms with Crippen molar-refractivity contribution in [3.05, 3.63) is 29.8 Å². The van der Waals surface area contributed by atoms with Crippen molar-refractivity contribution in [1.29, 1.82) is 0 Å². The van der Waals surface area contributed by atoms with Gasteiger partial charge in [0.15, 0.2) is 5.96 Å². The van der Waals surface area contributed by atoms with E-state index < -0.39 is 0 Å². The van der Waals surface area contributed by atoms with Gasteiger partial charge in [0, 0.05) is 24.8 Å². The molecule has 0 heterocycles. The molecule has 1 amide bonds. The molecule has 6 heteroatoms. The lowest BCUT2D eigenvalue weighted by Crippen LogP contribution is -2.40. The maximum Gasteiger partial charge on any atom is 0.227 e. The molecule has 25 heavy (non-hydrogen) atoms. The fourth-order valence-electron chi connectivity index (χ4n) is 3.12. The first-order valence-electron chi connectivity index (χ1n) is 9.03. The fourth-order valence-corrected chi connectivity index (χ4v) is 3.12. The van der Waals surface area contributed by atoms with Crippen molar-refractivity contribution in [3.8, 4) is 0 Å². The summed E-state index contributed by atoms with van der Waals surface area (Å²) in [5.41, 5.74) is 7.71. The normalized spacial score (nSPS) is 17.1. The van der Waals surface area contributed by atoms with E-state index in [4.69, 9.17) is 10.5 Å². The molecule has 1 unspecified atom stereocenters. The average Bonchev–Trinajstić information content (AvgIpc) is 2.61. The molecule has 1 aromatic rings. The van der Waals surface area contributed by atoms with Gasteiger partial charge < -0.3 is 21.1 Å². The fraction of sp³-hybridized carbons (Fsp3) is 0.579. The summed E-state index contributed by atoms with van der Waals surface area (Å²) >= 11 is 0. The Balaban J connectivity index is 1.88. The third-order valence-corrected chi connectivity index (χ3v) is 4.41. The minimum atomic E-state index is 0.106. The van der Waals surface area contributed by atoms with Crippen LogP contribution in [0.15, 0.2) is 29.3 Å². The Morgan fingerprint density at radius 1 is 1.36 bits per heavy atom. The Hall–Kier alpha value is -2.08. The van der Waals surface area contributed by atoms with Gasteiger partial charge in [-0.15, -0.1) is 0 Å². The number of rotatable bonds is 7. The molecule has 1 aliphatic carbocycles. The summed E-state index contributed by atoms with van der Waals surface area (Å²) in [5.74, 6) is 0.675. The Bertz CT molecular complexity index is 583. The Morgan fingerprint density at radius 3 is 2.84 bits per heavy atom. The van der Waals surface area contributed by atoms with E-state index in [1.165, 1.54) is 6.42 Å². The van der Waals surface area contributed by atoms with Crippen molar-refractivity contribution < 1.29 is 9.53 Å². The molecular formula is C19H30N4O2. The molecule has 0 spiro atoms. The van der Waals surface area contributed by atoms with E-state index in [9.17, 15) is 4.79 Å². The van der Waals surface area contributed by atoms with Crippen LogP contribution >= 0.6 is 0 Å².